The first kappa shape index (κ1) is 23.1. The Balaban J connectivity index is 0.00000169. The van der Waals surface area contributed by atoms with Gasteiger partial charge in [-0.15, -0.1) is 24.8 Å². The maximum absolute atomic E-state index is 12.2. The second-order valence-corrected chi connectivity index (χ2v) is 6.66. The zero-order valence-electron chi connectivity index (χ0n) is 15.3. The number of nitrogens with zero attached hydrogens (tertiary/aromatic N) is 2. The van der Waals surface area contributed by atoms with Gasteiger partial charge < -0.3 is 15.4 Å². The van der Waals surface area contributed by atoms with E-state index in [-0.39, 0.29) is 30.7 Å². The number of rotatable bonds is 5. The molecule has 0 spiro atoms. The summed E-state index contributed by atoms with van der Waals surface area (Å²) in [6, 6.07) is 8.58. The topological polar surface area (TPSA) is 56.8 Å². The molecule has 3 rings (SSSR count). The van der Waals surface area contributed by atoms with Gasteiger partial charge in [0.1, 0.15) is 0 Å². The maximum Gasteiger partial charge on any atom is 0.238 e. The van der Waals surface area contributed by atoms with Gasteiger partial charge in [-0.3, -0.25) is 14.6 Å². The molecule has 26 heavy (non-hydrogen) atoms. The van der Waals surface area contributed by atoms with Crippen molar-refractivity contribution in [1.29, 1.82) is 0 Å². The Morgan fingerprint density at radius 2 is 1.88 bits per heavy atom. The SMILES string of the molecule is C[C@H]1CNCCN1CC(=O)Nc1ccc(CN2CCOCC2)cc1.Cl.Cl. The smallest absolute Gasteiger partial charge is 0.238 e. The van der Waals surface area contributed by atoms with Gasteiger partial charge in [0.25, 0.3) is 0 Å². The van der Waals surface area contributed by atoms with Crippen molar-refractivity contribution in [3.05, 3.63) is 29.8 Å². The second kappa shape index (κ2) is 11.7. The molecule has 6 nitrogen and oxygen atoms in total. The van der Waals surface area contributed by atoms with Gasteiger partial charge in [0, 0.05) is 51.0 Å². The molecule has 2 aliphatic heterocycles. The van der Waals surface area contributed by atoms with E-state index >= 15 is 0 Å². The average Bonchev–Trinajstić information content (AvgIpc) is 2.60. The third-order valence-corrected chi connectivity index (χ3v) is 4.73. The Hall–Kier alpha value is -0.890. The molecule has 1 atom stereocenters. The fraction of sp³-hybridized carbons (Fsp3) is 0.611. The van der Waals surface area contributed by atoms with E-state index in [0.717, 1.165) is 58.2 Å². The predicted molar refractivity (Wildman–Crippen MR) is 110 cm³/mol. The Labute approximate surface area is 168 Å². The zero-order chi connectivity index (χ0) is 16.8. The van der Waals surface area contributed by atoms with Gasteiger partial charge in [-0.2, -0.15) is 0 Å². The molecule has 1 amide bonds. The average molecular weight is 405 g/mol. The first-order valence-corrected chi connectivity index (χ1v) is 8.84. The van der Waals surface area contributed by atoms with Gasteiger partial charge in [0.2, 0.25) is 5.91 Å². The lowest BCUT2D eigenvalue weighted by atomic mass is 10.2. The summed E-state index contributed by atoms with van der Waals surface area (Å²) in [5.41, 5.74) is 2.14. The molecule has 2 N–H and O–H groups in total. The molecule has 0 radical (unpaired) electrons. The molecule has 1 aromatic rings. The molecule has 0 unspecified atom stereocenters. The molecular weight excluding hydrogens is 375 g/mol. The molecule has 0 bridgehead atoms. The fourth-order valence-electron chi connectivity index (χ4n) is 3.21. The van der Waals surface area contributed by atoms with Crippen LogP contribution in [0.2, 0.25) is 0 Å². The van der Waals surface area contributed by atoms with Crippen LogP contribution >= 0.6 is 24.8 Å². The van der Waals surface area contributed by atoms with Crippen molar-refractivity contribution < 1.29 is 9.53 Å². The summed E-state index contributed by atoms with van der Waals surface area (Å²) in [7, 11) is 0. The van der Waals surface area contributed by atoms with Crippen LogP contribution in [-0.4, -0.2) is 74.2 Å². The summed E-state index contributed by atoms with van der Waals surface area (Å²) >= 11 is 0. The van der Waals surface area contributed by atoms with Gasteiger partial charge >= 0.3 is 0 Å². The van der Waals surface area contributed by atoms with Crippen LogP contribution in [0, 0.1) is 0 Å². The number of hydrogen-bond donors (Lipinski definition) is 2. The zero-order valence-corrected chi connectivity index (χ0v) is 16.9. The van der Waals surface area contributed by atoms with Gasteiger partial charge in [-0.05, 0) is 24.6 Å². The minimum absolute atomic E-state index is 0. The van der Waals surface area contributed by atoms with Crippen LogP contribution in [0.5, 0.6) is 0 Å². The highest BCUT2D eigenvalue weighted by Crippen LogP contribution is 2.13. The maximum atomic E-state index is 12.2. The van der Waals surface area contributed by atoms with Crippen molar-refractivity contribution in [2.24, 2.45) is 0 Å². The molecule has 2 fully saturated rings. The monoisotopic (exact) mass is 404 g/mol. The number of carbonyl (C=O) groups is 1. The highest BCUT2D eigenvalue weighted by Gasteiger charge is 2.20. The molecule has 8 heteroatoms. The van der Waals surface area contributed by atoms with E-state index in [4.69, 9.17) is 4.74 Å². The van der Waals surface area contributed by atoms with E-state index in [2.05, 4.69) is 39.5 Å². The number of amides is 1. The number of nitrogens with one attached hydrogen (secondary N) is 2. The van der Waals surface area contributed by atoms with Crippen LogP contribution in [0.1, 0.15) is 12.5 Å². The number of anilines is 1. The van der Waals surface area contributed by atoms with Crippen LogP contribution in [0.3, 0.4) is 0 Å². The Kier molecular flexibility index (Phi) is 10.5. The molecular formula is C18H30Cl2N4O2. The van der Waals surface area contributed by atoms with Crippen molar-refractivity contribution in [3.63, 3.8) is 0 Å². The van der Waals surface area contributed by atoms with Crippen LogP contribution in [-0.2, 0) is 16.1 Å². The summed E-state index contributed by atoms with van der Waals surface area (Å²) < 4.78 is 5.37. The van der Waals surface area contributed by atoms with E-state index in [1.54, 1.807) is 0 Å². The summed E-state index contributed by atoms with van der Waals surface area (Å²) in [4.78, 5) is 16.8. The van der Waals surface area contributed by atoms with Crippen molar-refractivity contribution in [2.75, 3.05) is 57.8 Å². The Morgan fingerprint density at radius 1 is 1.19 bits per heavy atom. The summed E-state index contributed by atoms with van der Waals surface area (Å²) in [5.74, 6) is 0.0599. The fourth-order valence-corrected chi connectivity index (χ4v) is 3.21. The number of ether oxygens (including phenoxy) is 1. The Bertz CT molecular complexity index is 538. The number of morpholine rings is 1. The number of hydrogen-bond acceptors (Lipinski definition) is 5. The van der Waals surface area contributed by atoms with E-state index in [0.29, 0.717) is 12.6 Å². The molecule has 2 aliphatic rings. The van der Waals surface area contributed by atoms with Crippen LogP contribution in [0.4, 0.5) is 5.69 Å². The summed E-state index contributed by atoms with van der Waals surface area (Å²) in [5, 5.41) is 6.35. The van der Waals surface area contributed by atoms with E-state index in [9.17, 15) is 4.79 Å². The predicted octanol–water partition coefficient (Wildman–Crippen LogP) is 1.59. The normalized spacial score (nSPS) is 21.3. The molecule has 1 aromatic carbocycles. The number of benzene rings is 1. The lowest BCUT2D eigenvalue weighted by Crippen LogP contribution is -2.51. The molecule has 148 valence electrons. The van der Waals surface area contributed by atoms with Crippen LogP contribution in [0.25, 0.3) is 0 Å². The number of piperazine rings is 1. The molecule has 0 aliphatic carbocycles. The van der Waals surface area contributed by atoms with Gasteiger partial charge in [-0.1, -0.05) is 12.1 Å². The molecule has 0 saturated carbocycles. The third kappa shape index (κ3) is 7.02. The number of carbonyl (C=O) groups excluding carboxylic acids is 1. The highest BCUT2D eigenvalue weighted by molar-refractivity contribution is 5.92. The van der Waals surface area contributed by atoms with Crippen LogP contribution in [0.15, 0.2) is 24.3 Å². The molecule has 2 saturated heterocycles. The third-order valence-electron chi connectivity index (χ3n) is 4.73. The van der Waals surface area contributed by atoms with Gasteiger partial charge in [0.05, 0.1) is 19.8 Å². The van der Waals surface area contributed by atoms with E-state index in [1.165, 1.54) is 5.56 Å². The van der Waals surface area contributed by atoms with Gasteiger partial charge in [0.15, 0.2) is 0 Å². The van der Waals surface area contributed by atoms with Crippen molar-refractivity contribution >= 4 is 36.4 Å². The van der Waals surface area contributed by atoms with E-state index < -0.39 is 0 Å². The largest absolute Gasteiger partial charge is 0.379 e. The molecule has 2 heterocycles. The van der Waals surface area contributed by atoms with Crippen molar-refractivity contribution in [2.45, 2.75) is 19.5 Å². The lowest BCUT2D eigenvalue weighted by Gasteiger charge is -2.33. The first-order valence-electron chi connectivity index (χ1n) is 8.84. The van der Waals surface area contributed by atoms with E-state index in [1.807, 2.05) is 12.1 Å². The standard InChI is InChI=1S/C18H28N4O2.2ClH/c1-15-12-19-6-7-22(15)14-18(23)20-17-4-2-16(3-5-17)13-21-8-10-24-11-9-21;;/h2-5,15,19H,6-14H2,1H3,(H,20,23);2*1H/t15-;;/m0../s1. The molecule has 0 aromatic heterocycles. The minimum atomic E-state index is 0. The highest BCUT2D eigenvalue weighted by atomic mass is 35.5. The van der Waals surface area contributed by atoms with Gasteiger partial charge in [-0.25, -0.2) is 0 Å². The lowest BCUT2D eigenvalue weighted by molar-refractivity contribution is -0.118. The second-order valence-electron chi connectivity index (χ2n) is 6.66. The summed E-state index contributed by atoms with van der Waals surface area (Å²) in [6.45, 7) is 9.98. The summed E-state index contributed by atoms with van der Waals surface area (Å²) in [6.07, 6.45) is 0. The quantitative estimate of drug-likeness (QED) is 0.780. The first-order chi connectivity index (χ1) is 11.7. The number of halogens is 2. The minimum Gasteiger partial charge on any atom is -0.379 e. The van der Waals surface area contributed by atoms with Crippen LogP contribution < -0.4 is 10.6 Å². The Morgan fingerprint density at radius 3 is 2.54 bits per heavy atom. The van der Waals surface area contributed by atoms with Crippen molar-refractivity contribution in [3.8, 4) is 0 Å². The van der Waals surface area contributed by atoms with Crippen molar-refractivity contribution in [1.82, 2.24) is 15.1 Å².